The highest BCUT2D eigenvalue weighted by Gasteiger charge is 2.37. The maximum atomic E-state index is 12.3. The van der Waals surface area contributed by atoms with Gasteiger partial charge in [-0.1, -0.05) is 30.3 Å². The lowest BCUT2D eigenvalue weighted by Gasteiger charge is -2.27. The highest BCUT2D eigenvalue weighted by Crippen LogP contribution is 2.22. The number of carbonyl (C=O) groups is 3. The lowest BCUT2D eigenvalue weighted by molar-refractivity contribution is -0.143. The van der Waals surface area contributed by atoms with E-state index in [2.05, 4.69) is 10.4 Å². The normalized spacial score (nSPS) is 22.0. The van der Waals surface area contributed by atoms with Crippen LogP contribution in [0.25, 0.3) is 0 Å². The van der Waals surface area contributed by atoms with Crippen molar-refractivity contribution in [1.29, 1.82) is 0 Å². The maximum Gasteiger partial charge on any atom is 0.355 e. The Morgan fingerprint density at radius 2 is 2.00 bits per heavy atom. The fraction of sp³-hybridized carbons (Fsp3) is 0.474. The second-order valence-corrected chi connectivity index (χ2v) is 9.35. The molecule has 1 fully saturated rings. The molecule has 0 radical (unpaired) electrons. The highest BCUT2D eigenvalue weighted by molar-refractivity contribution is 7.91. The fourth-order valence-corrected chi connectivity index (χ4v) is 4.99. The minimum atomic E-state index is -3.19. The Labute approximate surface area is 169 Å². The second kappa shape index (κ2) is 8.73. The van der Waals surface area contributed by atoms with Gasteiger partial charge in [-0.15, -0.1) is 0 Å². The number of hydrogen-bond acceptors (Lipinski definition) is 7. The van der Waals surface area contributed by atoms with E-state index in [0.717, 1.165) is 10.6 Å². The van der Waals surface area contributed by atoms with Crippen molar-refractivity contribution in [2.75, 3.05) is 18.1 Å². The van der Waals surface area contributed by atoms with Crippen molar-refractivity contribution in [3.8, 4) is 0 Å². The molecule has 2 aliphatic heterocycles. The van der Waals surface area contributed by atoms with E-state index in [1.807, 2.05) is 37.3 Å². The number of sulfone groups is 1. The van der Waals surface area contributed by atoms with Gasteiger partial charge in [-0.25, -0.2) is 18.2 Å². The fourth-order valence-electron chi connectivity index (χ4n) is 3.29. The van der Waals surface area contributed by atoms with Gasteiger partial charge in [0.25, 0.3) is 5.91 Å². The molecule has 1 aromatic rings. The van der Waals surface area contributed by atoms with Crippen LogP contribution >= 0.6 is 0 Å². The number of nitrogens with one attached hydrogen (secondary N) is 1. The maximum absolute atomic E-state index is 12.3. The first kappa shape index (κ1) is 21.0. The SMILES string of the molecule is C[C@H](NC(=O)COC(=O)C1=NN([C@H]2CCS(=O)(=O)C2)C(=O)CC1)c1ccccc1. The van der Waals surface area contributed by atoms with E-state index in [9.17, 15) is 22.8 Å². The predicted molar refractivity (Wildman–Crippen MR) is 105 cm³/mol. The first-order valence-electron chi connectivity index (χ1n) is 9.36. The number of benzene rings is 1. The van der Waals surface area contributed by atoms with Crippen molar-refractivity contribution in [3.63, 3.8) is 0 Å². The second-order valence-electron chi connectivity index (χ2n) is 7.12. The van der Waals surface area contributed by atoms with E-state index in [-0.39, 0.29) is 42.0 Å². The van der Waals surface area contributed by atoms with Gasteiger partial charge in [0.1, 0.15) is 5.71 Å². The molecule has 156 valence electrons. The number of hydrogen-bond donors (Lipinski definition) is 1. The number of esters is 1. The molecule has 2 atom stereocenters. The molecular formula is C19H23N3O6S. The summed E-state index contributed by atoms with van der Waals surface area (Å²) in [6.07, 6.45) is 0.428. The van der Waals surface area contributed by atoms with Gasteiger partial charge >= 0.3 is 5.97 Å². The van der Waals surface area contributed by atoms with Gasteiger partial charge in [-0.3, -0.25) is 9.59 Å². The molecule has 0 saturated carbocycles. The van der Waals surface area contributed by atoms with Crippen molar-refractivity contribution in [3.05, 3.63) is 35.9 Å². The molecule has 0 aromatic heterocycles. The van der Waals surface area contributed by atoms with E-state index < -0.39 is 34.4 Å². The quantitative estimate of drug-likeness (QED) is 0.670. The number of hydrazone groups is 1. The zero-order chi connectivity index (χ0) is 21.0. The number of nitrogens with zero attached hydrogens (tertiary/aromatic N) is 2. The minimum absolute atomic E-state index is 0.00346. The topological polar surface area (TPSA) is 122 Å². The largest absolute Gasteiger partial charge is 0.451 e. The summed E-state index contributed by atoms with van der Waals surface area (Å²) in [5.74, 6) is -1.73. The van der Waals surface area contributed by atoms with E-state index in [1.54, 1.807) is 0 Å². The summed E-state index contributed by atoms with van der Waals surface area (Å²) >= 11 is 0. The average Bonchev–Trinajstić information content (AvgIpc) is 3.06. The van der Waals surface area contributed by atoms with Crippen molar-refractivity contribution < 1.29 is 27.5 Å². The number of ether oxygens (including phenoxy) is 1. The van der Waals surface area contributed by atoms with Crippen LogP contribution in [-0.2, 0) is 29.0 Å². The first-order valence-corrected chi connectivity index (χ1v) is 11.2. The minimum Gasteiger partial charge on any atom is -0.451 e. The van der Waals surface area contributed by atoms with Gasteiger partial charge in [0.05, 0.1) is 23.6 Å². The van der Waals surface area contributed by atoms with Gasteiger partial charge in [0, 0.05) is 12.8 Å². The van der Waals surface area contributed by atoms with Gasteiger partial charge < -0.3 is 10.1 Å². The molecule has 2 amide bonds. The lowest BCUT2D eigenvalue weighted by atomic mass is 10.1. The summed E-state index contributed by atoms with van der Waals surface area (Å²) in [4.78, 5) is 36.4. The zero-order valence-corrected chi connectivity index (χ0v) is 16.9. The van der Waals surface area contributed by atoms with Gasteiger partial charge in [-0.05, 0) is 18.9 Å². The van der Waals surface area contributed by atoms with E-state index in [0.29, 0.717) is 6.42 Å². The molecule has 2 heterocycles. The molecule has 29 heavy (non-hydrogen) atoms. The van der Waals surface area contributed by atoms with Crippen molar-refractivity contribution in [1.82, 2.24) is 10.3 Å². The van der Waals surface area contributed by atoms with Gasteiger partial charge in [0.2, 0.25) is 5.91 Å². The van der Waals surface area contributed by atoms with Gasteiger partial charge in [0.15, 0.2) is 16.4 Å². The number of rotatable bonds is 6. The molecule has 0 aliphatic carbocycles. The summed E-state index contributed by atoms with van der Waals surface area (Å²) < 4.78 is 28.3. The summed E-state index contributed by atoms with van der Waals surface area (Å²) in [7, 11) is -3.19. The van der Waals surface area contributed by atoms with Crippen LogP contribution in [0.5, 0.6) is 0 Å². The van der Waals surface area contributed by atoms with E-state index in [1.165, 1.54) is 0 Å². The van der Waals surface area contributed by atoms with Crippen LogP contribution in [0.2, 0.25) is 0 Å². The van der Waals surface area contributed by atoms with Crippen LogP contribution in [0.4, 0.5) is 0 Å². The molecule has 1 saturated heterocycles. The smallest absolute Gasteiger partial charge is 0.355 e. The van der Waals surface area contributed by atoms with Gasteiger partial charge in [-0.2, -0.15) is 5.10 Å². The lowest BCUT2D eigenvalue weighted by Crippen LogP contribution is -2.42. The molecule has 9 nitrogen and oxygen atoms in total. The predicted octanol–water partition coefficient (Wildman–Crippen LogP) is 0.573. The summed E-state index contributed by atoms with van der Waals surface area (Å²) in [5, 5.41) is 7.85. The van der Waals surface area contributed by atoms with Crippen molar-refractivity contribution >= 4 is 33.3 Å². The molecule has 1 N–H and O–H groups in total. The van der Waals surface area contributed by atoms with Crippen molar-refractivity contribution in [2.24, 2.45) is 5.10 Å². The molecule has 10 heteroatoms. The number of amides is 2. The summed E-state index contributed by atoms with van der Waals surface area (Å²) in [6, 6.07) is 8.55. The monoisotopic (exact) mass is 421 g/mol. The molecule has 1 aromatic carbocycles. The Balaban J connectivity index is 1.55. The van der Waals surface area contributed by atoms with Crippen LogP contribution in [0.15, 0.2) is 35.4 Å². The molecule has 0 unspecified atom stereocenters. The Morgan fingerprint density at radius 1 is 1.28 bits per heavy atom. The molecule has 3 rings (SSSR count). The van der Waals surface area contributed by atoms with Crippen LogP contribution in [0.3, 0.4) is 0 Å². The Kier molecular flexibility index (Phi) is 6.31. The highest BCUT2D eigenvalue weighted by atomic mass is 32.2. The van der Waals surface area contributed by atoms with E-state index >= 15 is 0 Å². The summed E-state index contributed by atoms with van der Waals surface area (Å²) in [5.41, 5.74) is 0.933. The molecular weight excluding hydrogens is 398 g/mol. The van der Waals surface area contributed by atoms with Crippen LogP contribution in [0.1, 0.15) is 37.8 Å². The van der Waals surface area contributed by atoms with Crippen LogP contribution in [-0.4, -0.2) is 61.1 Å². The third kappa shape index (κ3) is 5.41. The number of carbonyl (C=O) groups excluding carboxylic acids is 3. The molecule has 0 bridgehead atoms. The first-order chi connectivity index (χ1) is 13.7. The summed E-state index contributed by atoms with van der Waals surface area (Å²) in [6.45, 7) is 1.35. The Hall–Kier alpha value is -2.75. The third-order valence-corrected chi connectivity index (χ3v) is 6.61. The van der Waals surface area contributed by atoms with Crippen LogP contribution < -0.4 is 5.32 Å². The molecule has 0 spiro atoms. The standard InChI is InChI=1S/C19H23N3O6S/c1-13(14-5-3-2-4-6-14)20-17(23)11-28-19(25)16-7-8-18(24)22(21-16)15-9-10-29(26,27)12-15/h2-6,13,15H,7-12H2,1H3,(H,20,23)/t13-,15-/m0/s1. The Bertz CT molecular complexity index is 929. The average molecular weight is 421 g/mol. The zero-order valence-electron chi connectivity index (χ0n) is 16.0. The molecule has 2 aliphatic rings. The third-order valence-electron chi connectivity index (χ3n) is 4.86. The van der Waals surface area contributed by atoms with Crippen LogP contribution in [0, 0.1) is 0 Å². The van der Waals surface area contributed by atoms with E-state index in [4.69, 9.17) is 4.74 Å². The Morgan fingerprint density at radius 3 is 2.66 bits per heavy atom. The van der Waals surface area contributed by atoms with Crippen molar-refractivity contribution in [2.45, 2.75) is 38.3 Å².